The third-order valence-corrected chi connectivity index (χ3v) is 6.01. The van der Waals surface area contributed by atoms with Crippen molar-refractivity contribution in [1.82, 2.24) is 25.4 Å². The first-order valence-electron chi connectivity index (χ1n) is 11.1. The first-order chi connectivity index (χ1) is 17.1. The van der Waals surface area contributed by atoms with Crippen molar-refractivity contribution in [3.63, 3.8) is 0 Å². The summed E-state index contributed by atoms with van der Waals surface area (Å²) in [7, 11) is 0. The molecule has 0 aliphatic heterocycles. The van der Waals surface area contributed by atoms with Crippen LogP contribution in [-0.2, 0) is 0 Å². The number of aromatic nitrogens is 5. The standard InChI is InChI=1S/C24H20N8O3/c33-24-16-10-9-15(12-18(16)28-30-24)31(22-6-1-2-11-25-22)19-4-3-5-20(32(34)35)23(19)26-21-13-17(27-29-21)14-7-8-14/h1-6,9-14H,7-8H2,(H2,26,27,29)(H2,28,30,33). The molecular formula is C24H20N8O3. The van der Waals surface area contributed by atoms with Crippen LogP contribution in [-0.4, -0.2) is 30.3 Å². The zero-order valence-corrected chi connectivity index (χ0v) is 18.4. The van der Waals surface area contributed by atoms with Crippen LogP contribution in [0.25, 0.3) is 10.9 Å². The molecule has 0 spiro atoms. The Hall–Kier alpha value is -4.93. The van der Waals surface area contributed by atoms with Gasteiger partial charge >= 0.3 is 0 Å². The Kier molecular flexibility index (Phi) is 4.80. The van der Waals surface area contributed by atoms with Crippen LogP contribution in [0.3, 0.4) is 0 Å². The predicted octanol–water partition coefficient (Wildman–Crippen LogP) is 4.97. The van der Waals surface area contributed by atoms with Crippen LogP contribution < -0.4 is 15.8 Å². The van der Waals surface area contributed by atoms with E-state index in [-0.39, 0.29) is 16.9 Å². The van der Waals surface area contributed by atoms with Gasteiger partial charge in [0.25, 0.3) is 11.2 Å². The van der Waals surface area contributed by atoms with E-state index in [1.165, 1.54) is 6.07 Å². The van der Waals surface area contributed by atoms with Crippen LogP contribution in [0.5, 0.6) is 0 Å². The number of rotatable bonds is 7. The summed E-state index contributed by atoms with van der Waals surface area (Å²) in [4.78, 5) is 29.9. The number of pyridine rings is 1. The predicted molar refractivity (Wildman–Crippen MR) is 132 cm³/mol. The van der Waals surface area contributed by atoms with Crippen molar-refractivity contribution in [3.05, 3.63) is 93.0 Å². The Morgan fingerprint density at radius 2 is 1.94 bits per heavy atom. The molecule has 1 fully saturated rings. The van der Waals surface area contributed by atoms with E-state index >= 15 is 0 Å². The highest BCUT2D eigenvalue weighted by atomic mass is 16.6. The lowest BCUT2D eigenvalue weighted by Gasteiger charge is -2.26. The highest BCUT2D eigenvalue weighted by molar-refractivity contribution is 5.92. The molecule has 3 aromatic heterocycles. The van der Waals surface area contributed by atoms with Gasteiger partial charge in [-0.05, 0) is 49.2 Å². The van der Waals surface area contributed by atoms with Gasteiger partial charge in [0.05, 0.1) is 27.2 Å². The van der Waals surface area contributed by atoms with E-state index in [9.17, 15) is 14.9 Å². The fraction of sp³-hybridized carbons (Fsp3) is 0.125. The van der Waals surface area contributed by atoms with E-state index in [1.54, 1.807) is 47.5 Å². The van der Waals surface area contributed by atoms with E-state index < -0.39 is 4.92 Å². The van der Waals surface area contributed by atoms with Crippen molar-refractivity contribution in [2.75, 3.05) is 10.2 Å². The topological polar surface area (TPSA) is 149 Å². The molecule has 0 radical (unpaired) electrons. The summed E-state index contributed by atoms with van der Waals surface area (Å²) in [6.45, 7) is 0. The summed E-state index contributed by atoms with van der Waals surface area (Å²) in [5, 5.41) is 28.5. The number of benzene rings is 2. The minimum Gasteiger partial charge on any atom is -0.333 e. The van der Waals surface area contributed by atoms with Crippen molar-refractivity contribution < 1.29 is 4.92 Å². The Bertz CT molecular complexity index is 1600. The molecule has 0 atom stereocenters. The van der Waals surface area contributed by atoms with Gasteiger partial charge in [-0.3, -0.25) is 35.1 Å². The van der Waals surface area contributed by atoms with Crippen LogP contribution in [0, 0.1) is 10.1 Å². The van der Waals surface area contributed by atoms with Crippen LogP contribution in [0.4, 0.5) is 34.4 Å². The summed E-state index contributed by atoms with van der Waals surface area (Å²) in [6, 6.07) is 17.5. The summed E-state index contributed by atoms with van der Waals surface area (Å²) in [5.41, 5.74) is 2.70. The maximum absolute atomic E-state index is 12.0. The lowest BCUT2D eigenvalue weighted by molar-refractivity contribution is -0.383. The van der Waals surface area contributed by atoms with E-state index in [0.29, 0.717) is 39.8 Å². The minimum atomic E-state index is -0.423. The molecule has 0 unspecified atom stereocenters. The summed E-state index contributed by atoms with van der Waals surface area (Å²) in [6.07, 6.45) is 3.84. The SMILES string of the molecule is O=c1[nH][nH]c2cc(N(c3ccccn3)c3cccc([N+](=O)[O-])c3Nc3cc(C4CC4)n[nH]3)ccc12. The lowest BCUT2D eigenvalue weighted by atomic mass is 10.1. The molecule has 2 aromatic carbocycles. The Morgan fingerprint density at radius 3 is 2.71 bits per heavy atom. The fourth-order valence-electron chi connectivity index (χ4n) is 4.16. The molecule has 0 saturated heterocycles. The van der Waals surface area contributed by atoms with Gasteiger partial charge in [0.15, 0.2) is 0 Å². The van der Waals surface area contributed by atoms with Gasteiger partial charge in [-0.25, -0.2) is 4.98 Å². The van der Waals surface area contributed by atoms with Gasteiger partial charge in [-0.1, -0.05) is 12.1 Å². The molecule has 11 heteroatoms. The molecule has 35 heavy (non-hydrogen) atoms. The molecule has 6 rings (SSSR count). The average molecular weight is 468 g/mol. The monoisotopic (exact) mass is 468 g/mol. The summed E-state index contributed by atoms with van der Waals surface area (Å²) >= 11 is 0. The molecule has 4 N–H and O–H groups in total. The number of aromatic amines is 3. The zero-order valence-electron chi connectivity index (χ0n) is 18.4. The van der Waals surface area contributed by atoms with Crippen molar-refractivity contribution >= 4 is 45.3 Å². The largest absolute Gasteiger partial charge is 0.333 e. The molecule has 11 nitrogen and oxygen atoms in total. The van der Waals surface area contributed by atoms with Crippen molar-refractivity contribution in [2.45, 2.75) is 18.8 Å². The number of hydrogen-bond donors (Lipinski definition) is 4. The zero-order chi connectivity index (χ0) is 23.9. The van der Waals surface area contributed by atoms with Crippen molar-refractivity contribution in [1.29, 1.82) is 0 Å². The Morgan fingerprint density at radius 1 is 1.06 bits per heavy atom. The Balaban J connectivity index is 1.53. The van der Waals surface area contributed by atoms with Gasteiger partial charge in [-0.2, -0.15) is 5.10 Å². The molecule has 0 bridgehead atoms. The quantitative estimate of drug-likeness (QED) is 0.194. The van der Waals surface area contributed by atoms with Crippen molar-refractivity contribution in [3.8, 4) is 0 Å². The van der Waals surface area contributed by atoms with Crippen LogP contribution in [0.15, 0.2) is 71.7 Å². The number of hydrogen-bond acceptors (Lipinski definition) is 7. The molecule has 3 heterocycles. The van der Waals surface area contributed by atoms with E-state index in [0.717, 1.165) is 18.5 Å². The third-order valence-electron chi connectivity index (χ3n) is 6.01. The normalized spacial score (nSPS) is 13.1. The maximum Gasteiger partial charge on any atom is 0.294 e. The van der Waals surface area contributed by atoms with Gasteiger partial charge < -0.3 is 5.32 Å². The molecule has 1 aliphatic carbocycles. The minimum absolute atomic E-state index is 0.0952. The molecule has 5 aromatic rings. The number of para-hydroxylation sites is 1. The van der Waals surface area contributed by atoms with Gasteiger partial charge in [-0.15, -0.1) is 0 Å². The highest BCUT2D eigenvalue weighted by Gasteiger charge is 2.28. The smallest absolute Gasteiger partial charge is 0.294 e. The third kappa shape index (κ3) is 3.78. The molecular weight excluding hydrogens is 448 g/mol. The first kappa shape index (κ1) is 20.7. The number of nitro benzene ring substituents is 1. The fourth-order valence-corrected chi connectivity index (χ4v) is 4.16. The van der Waals surface area contributed by atoms with Crippen LogP contribution >= 0.6 is 0 Å². The van der Waals surface area contributed by atoms with Gasteiger partial charge in [0.1, 0.15) is 17.3 Å². The van der Waals surface area contributed by atoms with Gasteiger partial charge in [0, 0.05) is 29.9 Å². The molecule has 1 saturated carbocycles. The second-order valence-electron chi connectivity index (χ2n) is 8.37. The van der Waals surface area contributed by atoms with E-state index in [1.807, 2.05) is 18.2 Å². The number of nitrogens with zero attached hydrogens (tertiary/aromatic N) is 4. The number of nitro groups is 1. The number of nitrogens with one attached hydrogen (secondary N) is 4. The van der Waals surface area contributed by atoms with Gasteiger partial charge in [0.2, 0.25) is 0 Å². The summed E-state index contributed by atoms with van der Waals surface area (Å²) in [5.74, 6) is 1.55. The molecule has 174 valence electrons. The number of fused-ring (bicyclic) bond motifs is 1. The van der Waals surface area contributed by atoms with Crippen LogP contribution in [0.1, 0.15) is 24.5 Å². The number of H-pyrrole nitrogens is 3. The van der Waals surface area contributed by atoms with Crippen LogP contribution in [0.2, 0.25) is 0 Å². The lowest BCUT2D eigenvalue weighted by Crippen LogP contribution is -2.14. The van der Waals surface area contributed by atoms with Crippen molar-refractivity contribution in [2.24, 2.45) is 0 Å². The first-order valence-corrected chi connectivity index (χ1v) is 11.1. The maximum atomic E-state index is 12.0. The highest BCUT2D eigenvalue weighted by Crippen LogP contribution is 2.44. The van der Waals surface area contributed by atoms with E-state index in [2.05, 4.69) is 30.7 Å². The molecule has 1 aliphatic rings. The summed E-state index contributed by atoms with van der Waals surface area (Å²) < 4.78 is 0. The molecule has 0 amide bonds. The Labute approximate surface area is 198 Å². The second-order valence-corrected chi connectivity index (χ2v) is 8.37. The second kappa shape index (κ2) is 8.13. The number of anilines is 5. The van der Waals surface area contributed by atoms with E-state index in [4.69, 9.17) is 0 Å². The average Bonchev–Trinajstić information content (AvgIpc) is 3.51.